The zero-order valence-corrected chi connectivity index (χ0v) is 20.6. The fourth-order valence-corrected chi connectivity index (χ4v) is 3.78. The summed E-state index contributed by atoms with van der Waals surface area (Å²) in [4.78, 5) is 29.2. The van der Waals surface area contributed by atoms with Crippen molar-refractivity contribution in [2.75, 3.05) is 7.11 Å². The summed E-state index contributed by atoms with van der Waals surface area (Å²) in [5.74, 6) is -1.30. The van der Waals surface area contributed by atoms with Crippen LogP contribution >= 0.6 is 11.6 Å². The molecular formula is C26H19ClF3N3O5. The summed E-state index contributed by atoms with van der Waals surface area (Å²) in [6.07, 6.45) is -4.73. The molecule has 1 atom stereocenters. The average molecular weight is 546 g/mol. The molecule has 0 fully saturated rings. The highest BCUT2D eigenvalue weighted by atomic mass is 35.5. The summed E-state index contributed by atoms with van der Waals surface area (Å²) in [6.45, 7) is 1.31. The Morgan fingerprint density at radius 1 is 1.16 bits per heavy atom. The van der Waals surface area contributed by atoms with Crippen molar-refractivity contribution in [1.82, 2.24) is 9.66 Å². The molecule has 1 heterocycles. The number of rotatable bonds is 7. The number of para-hydroxylation sites is 1. The number of carboxylic acid groups (broad SMARTS) is 1. The number of benzene rings is 3. The van der Waals surface area contributed by atoms with Crippen LogP contribution in [-0.2, 0) is 11.0 Å². The Hall–Kier alpha value is -4.38. The molecule has 1 N–H and O–H groups in total. The summed E-state index contributed by atoms with van der Waals surface area (Å²) < 4.78 is 51.9. The van der Waals surface area contributed by atoms with E-state index in [0.717, 1.165) is 23.0 Å². The zero-order chi connectivity index (χ0) is 27.6. The summed E-state index contributed by atoms with van der Waals surface area (Å²) >= 11 is 6.18. The molecule has 12 heteroatoms. The Morgan fingerprint density at radius 2 is 1.89 bits per heavy atom. The minimum atomic E-state index is -4.62. The van der Waals surface area contributed by atoms with Gasteiger partial charge < -0.3 is 14.6 Å². The van der Waals surface area contributed by atoms with Gasteiger partial charge in [0, 0.05) is 22.2 Å². The third-order valence-electron chi connectivity index (χ3n) is 5.42. The van der Waals surface area contributed by atoms with Gasteiger partial charge in [0.1, 0.15) is 0 Å². The van der Waals surface area contributed by atoms with Crippen molar-refractivity contribution in [2.24, 2.45) is 5.10 Å². The highest BCUT2D eigenvalue weighted by Gasteiger charge is 2.31. The first-order valence-corrected chi connectivity index (χ1v) is 11.4. The molecule has 0 unspecified atom stereocenters. The van der Waals surface area contributed by atoms with Crippen LogP contribution in [0, 0.1) is 0 Å². The molecule has 0 bridgehead atoms. The predicted molar refractivity (Wildman–Crippen MR) is 135 cm³/mol. The Bertz CT molecular complexity index is 1620. The number of hydrogen-bond acceptors (Lipinski definition) is 6. The Morgan fingerprint density at radius 3 is 2.58 bits per heavy atom. The third kappa shape index (κ3) is 5.47. The standard InChI is InChI=1S/C26H19ClF3N3O5/c1-14(25(35)36)38-22-16(11-18(27)12-21(22)37-2)13-31-33-23(15-6-5-7-17(10-15)26(28,29)30)32-20-9-4-3-8-19(20)24(33)34/h3-14H,1-2H3,(H,35,36)/t14-/m1/s1. The van der Waals surface area contributed by atoms with Gasteiger partial charge >= 0.3 is 12.1 Å². The maximum atomic E-state index is 13.4. The largest absolute Gasteiger partial charge is 0.493 e. The van der Waals surface area contributed by atoms with Crippen molar-refractivity contribution in [1.29, 1.82) is 0 Å². The number of aromatic nitrogens is 2. The normalized spacial score (nSPS) is 12.6. The van der Waals surface area contributed by atoms with Gasteiger partial charge in [-0.25, -0.2) is 9.78 Å². The van der Waals surface area contributed by atoms with Gasteiger partial charge in [0.05, 0.1) is 29.8 Å². The van der Waals surface area contributed by atoms with Crippen LogP contribution in [0.2, 0.25) is 5.02 Å². The van der Waals surface area contributed by atoms with Crippen molar-refractivity contribution < 1.29 is 32.5 Å². The number of alkyl halides is 3. The van der Waals surface area contributed by atoms with Gasteiger partial charge in [-0.2, -0.15) is 22.9 Å². The average Bonchev–Trinajstić information content (AvgIpc) is 2.88. The van der Waals surface area contributed by atoms with Gasteiger partial charge in [-0.05, 0) is 37.3 Å². The molecule has 1 aromatic heterocycles. The monoisotopic (exact) mass is 545 g/mol. The molecular weight excluding hydrogens is 527 g/mol. The first-order valence-electron chi connectivity index (χ1n) is 11.0. The van der Waals surface area contributed by atoms with Crippen molar-refractivity contribution in [2.45, 2.75) is 19.2 Å². The van der Waals surface area contributed by atoms with E-state index in [4.69, 9.17) is 21.1 Å². The van der Waals surface area contributed by atoms with Crippen molar-refractivity contribution in [3.63, 3.8) is 0 Å². The van der Waals surface area contributed by atoms with E-state index in [0.29, 0.717) is 0 Å². The van der Waals surface area contributed by atoms with Crippen LogP contribution in [0.25, 0.3) is 22.3 Å². The summed E-state index contributed by atoms with van der Waals surface area (Å²) in [6, 6.07) is 13.5. The molecule has 0 amide bonds. The molecule has 4 rings (SSSR count). The molecule has 196 valence electrons. The summed E-state index contributed by atoms with van der Waals surface area (Å²) in [5.41, 5.74) is -1.16. The van der Waals surface area contributed by atoms with E-state index in [1.807, 2.05) is 0 Å². The highest BCUT2D eigenvalue weighted by molar-refractivity contribution is 6.31. The molecule has 38 heavy (non-hydrogen) atoms. The molecule has 0 aliphatic rings. The summed E-state index contributed by atoms with van der Waals surface area (Å²) in [7, 11) is 1.33. The fraction of sp³-hybridized carbons (Fsp3) is 0.154. The minimum Gasteiger partial charge on any atom is -0.493 e. The van der Waals surface area contributed by atoms with E-state index in [9.17, 15) is 27.9 Å². The SMILES string of the molecule is COc1cc(Cl)cc(C=Nn2c(-c3cccc(C(F)(F)F)c3)nc3ccccc3c2=O)c1O[C@H](C)C(=O)O. The number of nitrogens with zero attached hydrogens (tertiary/aromatic N) is 3. The van der Waals surface area contributed by atoms with E-state index in [-0.39, 0.29) is 44.4 Å². The second kappa shape index (κ2) is 10.5. The van der Waals surface area contributed by atoms with Crippen molar-refractivity contribution in [3.8, 4) is 22.9 Å². The quantitative estimate of drug-likeness (QED) is 0.309. The Balaban J connectivity index is 1.94. The molecule has 0 spiro atoms. The number of carbonyl (C=O) groups is 1. The number of fused-ring (bicyclic) bond motifs is 1. The van der Waals surface area contributed by atoms with Crippen molar-refractivity contribution >= 4 is 34.7 Å². The molecule has 0 radical (unpaired) electrons. The first-order chi connectivity index (χ1) is 18.0. The second-order valence-electron chi connectivity index (χ2n) is 8.02. The van der Waals surface area contributed by atoms with Crippen LogP contribution in [0.15, 0.2) is 70.6 Å². The number of ether oxygens (including phenoxy) is 2. The van der Waals surface area contributed by atoms with Gasteiger partial charge in [0.2, 0.25) is 0 Å². The third-order valence-corrected chi connectivity index (χ3v) is 5.64. The van der Waals surface area contributed by atoms with Crippen molar-refractivity contribution in [3.05, 3.63) is 87.2 Å². The zero-order valence-electron chi connectivity index (χ0n) is 19.9. The van der Waals surface area contributed by atoms with Crippen LogP contribution < -0.4 is 15.0 Å². The number of carboxylic acids is 1. The van der Waals surface area contributed by atoms with Crippen LogP contribution in [0.3, 0.4) is 0 Å². The molecule has 3 aromatic carbocycles. The van der Waals surface area contributed by atoms with E-state index in [1.165, 1.54) is 44.4 Å². The van der Waals surface area contributed by atoms with E-state index in [1.54, 1.807) is 18.2 Å². The number of halogens is 4. The topological polar surface area (TPSA) is 103 Å². The molecule has 8 nitrogen and oxygen atoms in total. The van der Waals surface area contributed by atoms with Crippen LogP contribution in [0.5, 0.6) is 11.5 Å². The lowest BCUT2D eigenvalue weighted by atomic mass is 10.1. The van der Waals surface area contributed by atoms with E-state index < -0.39 is 29.4 Å². The van der Waals surface area contributed by atoms with Crippen LogP contribution in [0.1, 0.15) is 18.1 Å². The van der Waals surface area contributed by atoms with Gasteiger partial charge in [-0.15, -0.1) is 0 Å². The van der Waals surface area contributed by atoms with Gasteiger partial charge in [-0.1, -0.05) is 35.9 Å². The number of aliphatic carboxylic acids is 1. The molecule has 0 saturated heterocycles. The van der Waals surface area contributed by atoms with E-state index >= 15 is 0 Å². The Labute approximate surface area is 218 Å². The van der Waals surface area contributed by atoms with Crippen LogP contribution in [0.4, 0.5) is 13.2 Å². The minimum absolute atomic E-state index is 0.000486. The van der Waals surface area contributed by atoms with Gasteiger partial charge in [-0.3, -0.25) is 4.79 Å². The highest BCUT2D eigenvalue weighted by Crippen LogP contribution is 2.35. The maximum Gasteiger partial charge on any atom is 0.416 e. The second-order valence-corrected chi connectivity index (χ2v) is 8.45. The lowest BCUT2D eigenvalue weighted by Crippen LogP contribution is -2.24. The number of methoxy groups -OCH3 is 1. The van der Waals surface area contributed by atoms with Gasteiger partial charge in [0.25, 0.3) is 5.56 Å². The molecule has 0 saturated carbocycles. The molecule has 0 aliphatic heterocycles. The fourth-order valence-electron chi connectivity index (χ4n) is 3.56. The number of hydrogen-bond donors (Lipinski definition) is 1. The van der Waals surface area contributed by atoms with Gasteiger partial charge in [0.15, 0.2) is 23.4 Å². The smallest absolute Gasteiger partial charge is 0.416 e. The first kappa shape index (κ1) is 26.7. The predicted octanol–water partition coefficient (Wildman–Crippen LogP) is 5.48. The summed E-state index contributed by atoms with van der Waals surface area (Å²) in [5, 5.41) is 13.9. The Kier molecular flexibility index (Phi) is 7.40. The van der Waals surface area contributed by atoms with E-state index in [2.05, 4.69) is 10.1 Å². The molecule has 4 aromatic rings. The maximum absolute atomic E-state index is 13.4. The van der Waals surface area contributed by atoms with Crippen LogP contribution in [-0.4, -0.2) is 40.2 Å². The lowest BCUT2D eigenvalue weighted by Gasteiger charge is -2.16. The molecule has 0 aliphatic carbocycles. The lowest BCUT2D eigenvalue weighted by molar-refractivity contribution is -0.144.